The molecule has 0 atom stereocenters. The summed E-state index contributed by atoms with van der Waals surface area (Å²) in [5, 5.41) is 0. The Hall–Kier alpha value is -0.980. The number of esters is 1. The van der Waals surface area contributed by atoms with Crippen molar-refractivity contribution in [2.45, 2.75) is 0 Å². The third-order valence-electron chi connectivity index (χ3n) is 1.85. The Labute approximate surface area is 102 Å². The van der Waals surface area contributed by atoms with Crippen molar-refractivity contribution in [3.05, 3.63) is 21.3 Å². The monoisotopic (exact) mass is 322 g/mol. The van der Waals surface area contributed by atoms with Crippen molar-refractivity contribution in [1.29, 1.82) is 0 Å². The molecule has 0 heterocycles. The summed E-state index contributed by atoms with van der Waals surface area (Å²) >= 11 is 2.09. The Balaban J connectivity index is 3.35. The molecule has 15 heavy (non-hydrogen) atoms. The molecule has 0 N–H and O–H groups in total. The summed E-state index contributed by atoms with van der Waals surface area (Å²) in [5.74, 6) is 0.471. The largest absolute Gasteiger partial charge is 0.493 e. The highest BCUT2D eigenvalue weighted by molar-refractivity contribution is 14.1. The summed E-state index contributed by atoms with van der Waals surface area (Å²) in [5.41, 5.74) is 0.365. The molecule has 0 bridgehead atoms. The van der Waals surface area contributed by atoms with E-state index in [-0.39, 0.29) is 0 Å². The van der Waals surface area contributed by atoms with Crippen molar-refractivity contribution < 1.29 is 19.0 Å². The number of carbonyl (C=O) groups is 1. The van der Waals surface area contributed by atoms with E-state index >= 15 is 0 Å². The first-order valence-electron chi connectivity index (χ1n) is 4.13. The summed E-state index contributed by atoms with van der Waals surface area (Å²) in [6, 6.07) is 3.47. The predicted molar refractivity (Wildman–Crippen MR) is 63.6 cm³/mol. The lowest BCUT2D eigenvalue weighted by Crippen LogP contribution is -2.06. The summed E-state index contributed by atoms with van der Waals surface area (Å²) < 4.78 is 15.8. The van der Waals surface area contributed by atoms with Gasteiger partial charge in [-0.15, -0.1) is 0 Å². The minimum absolute atomic E-state index is 0.365. The van der Waals surface area contributed by atoms with Gasteiger partial charge in [0, 0.05) is 3.57 Å². The molecule has 82 valence electrons. The Kier molecular flexibility index (Phi) is 4.19. The minimum atomic E-state index is -0.441. The van der Waals surface area contributed by atoms with Crippen LogP contribution >= 0.6 is 22.6 Å². The van der Waals surface area contributed by atoms with Crippen molar-refractivity contribution in [1.82, 2.24) is 0 Å². The molecule has 0 aliphatic heterocycles. The molecule has 0 spiro atoms. The third-order valence-corrected chi connectivity index (χ3v) is 2.47. The highest BCUT2D eigenvalue weighted by atomic mass is 127. The van der Waals surface area contributed by atoms with Crippen molar-refractivity contribution >= 4 is 28.6 Å². The lowest BCUT2D eigenvalue weighted by molar-refractivity contribution is 0.0596. The molecule has 0 aliphatic carbocycles. The van der Waals surface area contributed by atoms with E-state index in [0.717, 1.165) is 3.57 Å². The van der Waals surface area contributed by atoms with Crippen molar-refractivity contribution in [2.75, 3.05) is 21.3 Å². The van der Waals surface area contributed by atoms with Crippen LogP contribution < -0.4 is 9.47 Å². The number of hydrogen-bond acceptors (Lipinski definition) is 4. The quantitative estimate of drug-likeness (QED) is 0.631. The van der Waals surface area contributed by atoms with Crippen LogP contribution in [-0.4, -0.2) is 27.3 Å². The van der Waals surface area contributed by atoms with Crippen LogP contribution in [0.4, 0.5) is 0 Å². The van der Waals surface area contributed by atoms with Crippen LogP contribution in [0.1, 0.15) is 10.4 Å². The molecule has 0 saturated heterocycles. The third kappa shape index (κ3) is 2.53. The SMILES string of the molecule is COC(=O)c1cc(I)cc(OC)c1OC. The standard InChI is InChI=1S/C10H11IO4/c1-13-8-5-6(11)4-7(9(8)14-2)10(12)15-3/h4-5H,1-3H3. The molecular formula is C10H11IO4. The Bertz CT molecular complexity index is 376. The van der Waals surface area contributed by atoms with Crippen LogP contribution in [-0.2, 0) is 4.74 Å². The Morgan fingerprint density at radius 1 is 1.20 bits per heavy atom. The summed E-state index contributed by atoms with van der Waals surface area (Å²) in [7, 11) is 4.33. The molecule has 1 rings (SSSR count). The minimum Gasteiger partial charge on any atom is -0.493 e. The smallest absolute Gasteiger partial charge is 0.341 e. The summed E-state index contributed by atoms with van der Waals surface area (Å²) in [4.78, 5) is 11.5. The van der Waals surface area contributed by atoms with E-state index in [1.54, 1.807) is 12.1 Å². The fraction of sp³-hybridized carbons (Fsp3) is 0.300. The zero-order valence-electron chi connectivity index (χ0n) is 8.67. The average Bonchev–Trinajstić information content (AvgIpc) is 2.26. The fourth-order valence-electron chi connectivity index (χ4n) is 1.19. The number of halogens is 1. The van der Waals surface area contributed by atoms with Gasteiger partial charge < -0.3 is 14.2 Å². The molecule has 0 aliphatic rings. The molecule has 0 saturated carbocycles. The Morgan fingerprint density at radius 2 is 1.87 bits per heavy atom. The van der Waals surface area contributed by atoms with Gasteiger partial charge >= 0.3 is 5.97 Å². The highest BCUT2D eigenvalue weighted by Gasteiger charge is 2.18. The van der Waals surface area contributed by atoms with Gasteiger partial charge in [-0.3, -0.25) is 0 Å². The molecule has 0 radical (unpaired) electrons. The van der Waals surface area contributed by atoms with E-state index in [0.29, 0.717) is 17.1 Å². The zero-order valence-corrected chi connectivity index (χ0v) is 10.8. The van der Waals surface area contributed by atoms with Gasteiger partial charge in [0.1, 0.15) is 5.56 Å². The summed E-state index contributed by atoms with van der Waals surface area (Å²) in [6.07, 6.45) is 0. The van der Waals surface area contributed by atoms with Gasteiger partial charge in [-0.05, 0) is 34.7 Å². The topological polar surface area (TPSA) is 44.8 Å². The van der Waals surface area contributed by atoms with E-state index in [2.05, 4.69) is 27.3 Å². The maximum absolute atomic E-state index is 11.5. The van der Waals surface area contributed by atoms with E-state index in [9.17, 15) is 4.79 Å². The van der Waals surface area contributed by atoms with E-state index < -0.39 is 5.97 Å². The van der Waals surface area contributed by atoms with Crippen molar-refractivity contribution in [2.24, 2.45) is 0 Å². The van der Waals surface area contributed by atoms with Crippen LogP contribution in [0.3, 0.4) is 0 Å². The number of rotatable bonds is 3. The Morgan fingerprint density at radius 3 is 2.33 bits per heavy atom. The highest BCUT2D eigenvalue weighted by Crippen LogP contribution is 2.33. The second-order valence-corrected chi connectivity index (χ2v) is 3.93. The van der Waals surface area contributed by atoms with Gasteiger partial charge in [-0.25, -0.2) is 4.79 Å². The number of hydrogen-bond donors (Lipinski definition) is 0. The van der Waals surface area contributed by atoms with E-state index in [1.807, 2.05) is 0 Å². The van der Waals surface area contributed by atoms with Gasteiger partial charge in [0.2, 0.25) is 0 Å². The van der Waals surface area contributed by atoms with Gasteiger partial charge in [0.05, 0.1) is 21.3 Å². The molecular weight excluding hydrogens is 311 g/mol. The number of benzene rings is 1. The number of ether oxygens (including phenoxy) is 3. The maximum Gasteiger partial charge on any atom is 0.341 e. The van der Waals surface area contributed by atoms with Gasteiger partial charge in [0.25, 0.3) is 0 Å². The van der Waals surface area contributed by atoms with Crippen LogP contribution in [0.25, 0.3) is 0 Å². The lowest BCUT2D eigenvalue weighted by atomic mass is 10.2. The van der Waals surface area contributed by atoms with Gasteiger partial charge in [-0.1, -0.05) is 0 Å². The molecule has 0 aromatic heterocycles. The van der Waals surface area contributed by atoms with Crippen molar-refractivity contribution in [3.63, 3.8) is 0 Å². The molecule has 5 heteroatoms. The normalized spacial score (nSPS) is 9.60. The van der Waals surface area contributed by atoms with Crippen LogP contribution in [0.15, 0.2) is 12.1 Å². The van der Waals surface area contributed by atoms with Crippen molar-refractivity contribution in [3.8, 4) is 11.5 Å². The zero-order chi connectivity index (χ0) is 11.4. The average molecular weight is 322 g/mol. The number of methoxy groups -OCH3 is 3. The number of carbonyl (C=O) groups excluding carboxylic acids is 1. The van der Waals surface area contributed by atoms with Crippen LogP contribution in [0, 0.1) is 3.57 Å². The summed E-state index contributed by atoms with van der Waals surface area (Å²) in [6.45, 7) is 0. The first kappa shape index (κ1) is 12.1. The van der Waals surface area contributed by atoms with Crippen LogP contribution in [0.5, 0.6) is 11.5 Å². The fourth-order valence-corrected chi connectivity index (χ4v) is 1.79. The van der Waals surface area contributed by atoms with Gasteiger partial charge in [-0.2, -0.15) is 0 Å². The second-order valence-electron chi connectivity index (χ2n) is 2.68. The molecule has 0 unspecified atom stereocenters. The van der Waals surface area contributed by atoms with Crippen LogP contribution in [0.2, 0.25) is 0 Å². The lowest BCUT2D eigenvalue weighted by Gasteiger charge is -2.11. The predicted octanol–water partition coefficient (Wildman–Crippen LogP) is 2.10. The molecule has 0 amide bonds. The van der Waals surface area contributed by atoms with Gasteiger partial charge in [0.15, 0.2) is 11.5 Å². The first-order chi connectivity index (χ1) is 7.13. The van der Waals surface area contributed by atoms with E-state index in [1.165, 1.54) is 21.3 Å². The second kappa shape index (κ2) is 5.20. The molecule has 0 fully saturated rings. The first-order valence-corrected chi connectivity index (χ1v) is 5.21. The van der Waals surface area contributed by atoms with E-state index in [4.69, 9.17) is 9.47 Å². The molecule has 1 aromatic rings. The molecule has 1 aromatic carbocycles. The maximum atomic E-state index is 11.5. The molecule has 4 nitrogen and oxygen atoms in total.